The van der Waals surface area contributed by atoms with Gasteiger partial charge in [0.1, 0.15) is 5.75 Å². The number of ether oxygens (including phenoxy) is 1. The second-order valence-corrected chi connectivity index (χ2v) is 3.81. The Labute approximate surface area is 90.9 Å². The Bertz CT molecular complexity index is 297. The van der Waals surface area contributed by atoms with Crippen LogP contribution in [0, 0.1) is 0 Å². The highest BCUT2D eigenvalue weighted by molar-refractivity contribution is 5.35. The van der Waals surface area contributed by atoms with Crippen LogP contribution in [0.25, 0.3) is 0 Å². The van der Waals surface area contributed by atoms with E-state index in [4.69, 9.17) is 15.6 Å². The smallest absolute Gasteiger partial charge is 0.124 e. The molecule has 0 spiro atoms. The molecule has 0 heterocycles. The summed E-state index contributed by atoms with van der Waals surface area (Å²) in [7, 11) is 0. The van der Waals surface area contributed by atoms with Crippen LogP contribution in [-0.2, 0) is 0 Å². The average Bonchev–Trinajstić information content (AvgIpc) is 2.17. The lowest BCUT2D eigenvalue weighted by molar-refractivity contribution is 0.155. The minimum atomic E-state index is -0.326. The van der Waals surface area contributed by atoms with E-state index in [-0.39, 0.29) is 12.1 Å². The summed E-state index contributed by atoms with van der Waals surface area (Å²) < 4.78 is 5.57. The van der Waals surface area contributed by atoms with Crippen molar-refractivity contribution in [1.29, 1.82) is 0 Å². The monoisotopic (exact) mass is 209 g/mol. The molecule has 0 aliphatic carbocycles. The van der Waals surface area contributed by atoms with E-state index >= 15 is 0 Å². The number of para-hydroxylation sites is 1. The molecule has 0 saturated carbocycles. The molecule has 0 saturated heterocycles. The van der Waals surface area contributed by atoms with E-state index in [2.05, 4.69) is 0 Å². The van der Waals surface area contributed by atoms with E-state index in [0.29, 0.717) is 13.0 Å². The van der Waals surface area contributed by atoms with Crippen LogP contribution >= 0.6 is 0 Å². The molecule has 2 atom stereocenters. The maximum Gasteiger partial charge on any atom is 0.124 e. The summed E-state index contributed by atoms with van der Waals surface area (Å²) in [4.78, 5) is 0. The van der Waals surface area contributed by atoms with Crippen LogP contribution < -0.4 is 10.5 Å². The number of benzene rings is 1. The first-order valence-corrected chi connectivity index (χ1v) is 5.26. The first-order chi connectivity index (χ1) is 7.11. The normalized spacial score (nSPS) is 14.7. The number of nitrogens with two attached hydrogens (primary N) is 1. The molecule has 0 aromatic heterocycles. The van der Waals surface area contributed by atoms with Crippen molar-refractivity contribution in [3.63, 3.8) is 0 Å². The van der Waals surface area contributed by atoms with E-state index in [1.165, 1.54) is 0 Å². The molecule has 0 aliphatic heterocycles. The van der Waals surface area contributed by atoms with Gasteiger partial charge in [0.25, 0.3) is 0 Å². The van der Waals surface area contributed by atoms with Crippen molar-refractivity contribution >= 4 is 0 Å². The van der Waals surface area contributed by atoms with Gasteiger partial charge in [0, 0.05) is 18.0 Å². The van der Waals surface area contributed by atoms with Crippen LogP contribution in [0.15, 0.2) is 24.3 Å². The molecule has 0 bridgehead atoms. The summed E-state index contributed by atoms with van der Waals surface area (Å²) in [6.07, 6.45) is 0.306. The zero-order valence-corrected chi connectivity index (χ0v) is 9.31. The summed E-state index contributed by atoms with van der Waals surface area (Å²) in [6.45, 7) is 4.19. The second-order valence-electron chi connectivity index (χ2n) is 3.81. The van der Waals surface area contributed by atoms with Gasteiger partial charge in [0.15, 0.2) is 0 Å². The van der Waals surface area contributed by atoms with Crippen molar-refractivity contribution in [2.45, 2.75) is 32.4 Å². The zero-order valence-electron chi connectivity index (χ0n) is 9.31. The van der Waals surface area contributed by atoms with Crippen molar-refractivity contribution in [2.75, 3.05) is 6.61 Å². The fraction of sp³-hybridized carbons (Fsp3) is 0.500. The first-order valence-electron chi connectivity index (χ1n) is 5.26. The Hall–Kier alpha value is -1.06. The van der Waals surface area contributed by atoms with Crippen molar-refractivity contribution in [3.05, 3.63) is 29.8 Å². The lowest BCUT2D eigenvalue weighted by atomic mass is 10.1. The largest absolute Gasteiger partial charge is 0.493 e. The number of hydrogen-bond donors (Lipinski definition) is 2. The molecule has 3 nitrogen and oxygen atoms in total. The number of aliphatic hydroxyl groups excluding tert-OH is 1. The third-order valence-corrected chi connectivity index (χ3v) is 2.20. The molecule has 3 N–H and O–H groups in total. The molecule has 15 heavy (non-hydrogen) atoms. The lowest BCUT2D eigenvalue weighted by Gasteiger charge is -2.14. The molecular formula is C12H19NO2. The Kier molecular flexibility index (Phi) is 4.59. The van der Waals surface area contributed by atoms with E-state index in [0.717, 1.165) is 11.3 Å². The predicted octanol–water partition coefficient (Wildman–Crippen LogP) is 1.86. The minimum Gasteiger partial charge on any atom is -0.493 e. The van der Waals surface area contributed by atoms with Gasteiger partial charge in [-0.15, -0.1) is 0 Å². The van der Waals surface area contributed by atoms with Gasteiger partial charge in [0.2, 0.25) is 0 Å². The number of hydrogen-bond acceptors (Lipinski definition) is 3. The third-order valence-electron chi connectivity index (χ3n) is 2.20. The van der Waals surface area contributed by atoms with E-state index < -0.39 is 0 Å². The summed E-state index contributed by atoms with van der Waals surface area (Å²) in [5, 5.41) is 9.10. The highest BCUT2D eigenvalue weighted by Gasteiger charge is 2.07. The Balaban J connectivity index is 2.59. The van der Waals surface area contributed by atoms with E-state index in [9.17, 15) is 0 Å². The van der Waals surface area contributed by atoms with Crippen LogP contribution in [0.3, 0.4) is 0 Å². The lowest BCUT2D eigenvalue weighted by Crippen LogP contribution is -2.11. The fourth-order valence-corrected chi connectivity index (χ4v) is 1.33. The van der Waals surface area contributed by atoms with Crippen LogP contribution in [0.5, 0.6) is 5.75 Å². The zero-order chi connectivity index (χ0) is 11.3. The standard InChI is InChI=1S/C12H19NO2/c1-9(14)7-8-15-12-6-4-3-5-11(12)10(2)13/h3-6,9-10,14H,7-8,13H2,1-2H3/t9?,10-/m0/s1. The Morgan fingerprint density at radius 3 is 2.60 bits per heavy atom. The molecule has 1 unspecified atom stereocenters. The van der Waals surface area contributed by atoms with Gasteiger partial charge in [0.05, 0.1) is 12.7 Å². The number of aliphatic hydroxyl groups is 1. The summed E-state index contributed by atoms with van der Waals surface area (Å²) >= 11 is 0. The molecule has 0 aliphatic rings. The van der Waals surface area contributed by atoms with Gasteiger partial charge in [-0.25, -0.2) is 0 Å². The van der Waals surface area contributed by atoms with Crippen molar-refractivity contribution in [3.8, 4) is 5.75 Å². The summed E-state index contributed by atoms with van der Waals surface area (Å²) in [5.74, 6) is 0.813. The van der Waals surface area contributed by atoms with Crippen LogP contribution in [0.2, 0.25) is 0 Å². The highest BCUT2D eigenvalue weighted by atomic mass is 16.5. The van der Waals surface area contributed by atoms with E-state index in [1.807, 2.05) is 31.2 Å². The fourth-order valence-electron chi connectivity index (χ4n) is 1.33. The maximum absolute atomic E-state index is 9.10. The first kappa shape index (κ1) is 12.0. The molecule has 0 amide bonds. The topological polar surface area (TPSA) is 55.5 Å². The van der Waals surface area contributed by atoms with Gasteiger partial charge in [-0.1, -0.05) is 18.2 Å². The average molecular weight is 209 g/mol. The molecule has 1 rings (SSSR count). The third kappa shape index (κ3) is 3.90. The van der Waals surface area contributed by atoms with Gasteiger partial charge >= 0.3 is 0 Å². The Morgan fingerprint density at radius 2 is 2.00 bits per heavy atom. The summed E-state index contributed by atoms with van der Waals surface area (Å²) in [6, 6.07) is 7.69. The quantitative estimate of drug-likeness (QED) is 0.778. The maximum atomic E-state index is 9.10. The Morgan fingerprint density at radius 1 is 1.33 bits per heavy atom. The summed E-state index contributed by atoms with van der Waals surface area (Å²) in [5.41, 5.74) is 6.82. The van der Waals surface area contributed by atoms with Gasteiger partial charge in [-0.3, -0.25) is 0 Å². The van der Waals surface area contributed by atoms with Crippen LogP contribution in [-0.4, -0.2) is 17.8 Å². The molecular weight excluding hydrogens is 190 g/mol. The SMILES string of the molecule is CC(O)CCOc1ccccc1[C@H](C)N. The van der Waals surface area contributed by atoms with Gasteiger partial charge in [-0.05, 0) is 19.9 Å². The van der Waals surface area contributed by atoms with Gasteiger partial charge in [-0.2, -0.15) is 0 Å². The van der Waals surface area contributed by atoms with Crippen molar-refractivity contribution < 1.29 is 9.84 Å². The molecule has 3 heteroatoms. The van der Waals surface area contributed by atoms with Crippen molar-refractivity contribution in [1.82, 2.24) is 0 Å². The molecule has 84 valence electrons. The second kappa shape index (κ2) is 5.73. The van der Waals surface area contributed by atoms with Crippen LogP contribution in [0.1, 0.15) is 31.9 Å². The van der Waals surface area contributed by atoms with E-state index in [1.54, 1.807) is 6.92 Å². The molecule has 0 fully saturated rings. The predicted molar refractivity (Wildman–Crippen MR) is 60.8 cm³/mol. The van der Waals surface area contributed by atoms with Crippen LogP contribution in [0.4, 0.5) is 0 Å². The molecule has 0 radical (unpaired) electrons. The minimum absolute atomic E-state index is 0.0345. The number of rotatable bonds is 5. The molecule has 1 aromatic rings. The highest BCUT2D eigenvalue weighted by Crippen LogP contribution is 2.23. The van der Waals surface area contributed by atoms with Crippen molar-refractivity contribution in [2.24, 2.45) is 5.73 Å². The van der Waals surface area contributed by atoms with Gasteiger partial charge < -0.3 is 15.6 Å². The molecule has 1 aromatic carbocycles.